The molecule has 7 heteroatoms. The molecule has 1 aliphatic rings. The number of hydrogen-bond acceptors (Lipinski definition) is 6. The Balaban J connectivity index is 1.79. The molecule has 0 saturated heterocycles. The van der Waals surface area contributed by atoms with E-state index in [2.05, 4.69) is 5.32 Å². The minimum Gasteiger partial charge on any atom is -0.490 e. The zero-order valence-corrected chi connectivity index (χ0v) is 14.3. The zero-order valence-electron chi connectivity index (χ0n) is 14.3. The lowest BCUT2D eigenvalue weighted by Gasteiger charge is -2.09. The number of benzene rings is 1. The van der Waals surface area contributed by atoms with Crippen LogP contribution in [0.15, 0.2) is 18.2 Å². The Morgan fingerprint density at radius 3 is 2.64 bits per heavy atom. The van der Waals surface area contributed by atoms with E-state index < -0.39 is 5.97 Å². The average molecular weight is 349 g/mol. The number of amides is 1. The fourth-order valence-electron chi connectivity index (χ4n) is 2.23. The Morgan fingerprint density at radius 1 is 1.12 bits per heavy atom. The summed E-state index contributed by atoms with van der Waals surface area (Å²) in [6.07, 6.45) is 1.53. The molecule has 0 spiro atoms. The molecule has 2 rings (SSSR count). The van der Waals surface area contributed by atoms with Gasteiger partial charge >= 0.3 is 5.97 Å². The van der Waals surface area contributed by atoms with E-state index >= 15 is 0 Å². The predicted octanol–water partition coefficient (Wildman–Crippen LogP) is 1.88. The number of Topliss-reactive ketones (excluding diaryl/α,β-unsaturated/α-hetero) is 1. The molecule has 0 radical (unpaired) electrons. The Hall–Kier alpha value is -2.57. The van der Waals surface area contributed by atoms with Crippen molar-refractivity contribution in [3.05, 3.63) is 23.8 Å². The molecule has 0 aliphatic carbocycles. The summed E-state index contributed by atoms with van der Waals surface area (Å²) >= 11 is 0. The first kappa shape index (κ1) is 18.8. The van der Waals surface area contributed by atoms with E-state index in [0.29, 0.717) is 36.8 Å². The van der Waals surface area contributed by atoms with Gasteiger partial charge in [0, 0.05) is 24.9 Å². The van der Waals surface area contributed by atoms with Gasteiger partial charge in [-0.05, 0) is 24.6 Å². The van der Waals surface area contributed by atoms with Crippen molar-refractivity contribution in [1.82, 2.24) is 5.32 Å². The summed E-state index contributed by atoms with van der Waals surface area (Å²) in [6, 6.07) is 4.98. The summed E-state index contributed by atoms with van der Waals surface area (Å²) in [7, 11) is 0. The number of esters is 1. The maximum absolute atomic E-state index is 12.2. The number of carbonyl (C=O) groups excluding carboxylic acids is 3. The van der Waals surface area contributed by atoms with E-state index in [9.17, 15) is 14.4 Å². The van der Waals surface area contributed by atoms with Crippen LogP contribution in [0.1, 0.15) is 43.0 Å². The Kier molecular flexibility index (Phi) is 7.25. The van der Waals surface area contributed by atoms with Crippen LogP contribution in [0.2, 0.25) is 0 Å². The lowest BCUT2D eigenvalue weighted by Crippen LogP contribution is -2.29. The van der Waals surface area contributed by atoms with Gasteiger partial charge in [0.25, 0.3) is 5.91 Å². The van der Waals surface area contributed by atoms with Gasteiger partial charge < -0.3 is 19.5 Å². The third-order valence-electron chi connectivity index (χ3n) is 3.56. The van der Waals surface area contributed by atoms with Crippen LogP contribution in [0.4, 0.5) is 0 Å². The quantitative estimate of drug-likeness (QED) is 0.569. The first-order chi connectivity index (χ1) is 12.1. The van der Waals surface area contributed by atoms with Gasteiger partial charge in [-0.15, -0.1) is 0 Å². The van der Waals surface area contributed by atoms with E-state index in [1.54, 1.807) is 18.2 Å². The molecule has 1 N–H and O–H groups in total. The van der Waals surface area contributed by atoms with E-state index in [4.69, 9.17) is 14.2 Å². The molecular weight excluding hydrogens is 326 g/mol. The molecule has 1 aliphatic heterocycles. The van der Waals surface area contributed by atoms with Crippen molar-refractivity contribution in [2.24, 2.45) is 0 Å². The Labute approximate surface area is 146 Å². The van der Waals surface area contributed by atoms with E-state index in [-0.39, 0.29) is 31.1 Å². The molecule has 1 heterocycles. The number of ether oxygens (including phenoxy) is 3. The monoisotopic (exact) mass is 349 g/mol. The third kappa shape index (κ3) is 6.10. The molecule has 1 aromatic rings. The maximum Gasteiger partial charge on any atom is 0.306 e. The molecule has 0 atom stereocenters. The van der Waals surface area contributed by atoms with Gasteiger partial charge in [-0.3, -0.25) is 14.4 Å². The minimum absolute atomic E-state index is 0.00898. The summed E-state index contributed by atoms with van der Waals surface area (Å²) in [4.78, 5) is 35.2. The molecule has 136 valence electrons. The highest BCUT2D eigenvalue weighted by molar-refractivity contribution is 5.98. The van der Waals surface area contributed by atoms with Crippen molar-refractivity contribution in [2.75, 3.05) is 26.4 Å². The van der Waals surface area contributed by atoms with E-state index in [0.717, 1.165) is 12.8 Å². The average Bonchev–Trinajstić information content (AvgIpc) is 2.87. The molecule has 25 heavy (non-hydrogen) atoms. The van der Waals surface area contributed by atoms with E-state index in [1.165, 1.54) is 0 Å². The van der Waals surface area contributed by atoms with Crippen molar-refractivity contribution >= 4 is 17.7 Å². The molecule has 0 bridgehead atoms. The Bertz CT molecular complexity index is 628. The second kappa shape index (κ2) is 9.66. The summed E-state index contributed by atoms with van der Waals surface area (Å²) in [5.74, 6) is 0.0480. The van der Waals surface area contributed by atoms with Crippen LogP contribution >= 0.6 is 0 Å². The molecule has 7 nitrogen and oxygen atoms in total. The van der Waals surface area contributed by atoms with Crippen LogP contribution < -0.4 is 14.8 Å². The van der Waals surface area contributed by atoms with Gasteiger partial charge in [-0.25, -0.2) is 0 Å². The molecule has 1 aromatic carbocycles. The fraction of sp³-hybridized carbons (Fsp3) is 0.500. The first-order valence-electron chi connectivity index (χ1n) is 8.45. The molecule has 0 fully saturated rings. The van der Waals surface area contributed by atoms with Gasteiger partial charge in [0.2, 0.25) is 0 Å². The smallest absolute Gasteiger partial charge is 0.306 e. The molecule has 0 aromatic heterocycles. The van der Waals surface area contributed by atoms with Crippen molar-refractivity contribution in [3.8, 4) is 11.5 Å². The van der Waals surface area contributed by atoms with Crippen LogP contribution in [-0.2, 0) is 14.3 Å². The number of carbonyl (C=O) groups is 3. The van der Waals surface area contributed by atoms with Crippen molar-refractivity contribution in [1.29, 1.82) is 0 Å². The minimum atomic E-state index is -0.575. The number of nitrogens with one attached hydrogen (secondary N) is 1. The standard InChI is InChI=1S/C18H23NO6/c1-2-8-19-17(21)12-25-18(22)7-5-14(20)13-4-6-15-16(11-13)24-10-3-9-23-15/h4,6,11H,2-3,5,7-10,12H2,1H3,(H,19,21). The second-order valence-corrected chi connectivity index (χ2v) is 5.65. The van der Waals surface area contributed by atoms with Crippen molar-refractivity contribution < 1.29 is 28.6 Å². The number of rotatable bonds is 8. The normalized spacial score (nSPS) is 12.8. The highest BCUT2D eigenvalue weighted by atomic mass is 16.5. The number of ketones is 1. The molecule has 0 unspecified atom stereocenters. The number of hydrogen-bond donors (Lipinski definition) is 1. The van der Waals surface area contributed by atoms with E-state index in [1.807, 2.05) is 6.92 Å². The zero-order chi connectivity index (χ0) is 18.1. The fourth-order valence-corrected chi connectivity index (χ4v) is 2.23. The molecule has 1 amide bonds. The first-order valence-corrected chi connectivity index (χ1v) is 8.45. The van der Waals surface area contributed by atoms with Crippen LogP contribution in [0.5, 0.6) is 11.5 Å². The SMILES string of the molecule is CCCNC(=O)COC(=O)CCC(=O)c1ccc2c(c1)OCCCO2. The lowest BCUT2D eigenvalue weighted by atomic mass is 10.1. The highest BCUT2D eigenvalue weighted by Gasteiger charge is 2.16. The molecule has 0 saturated carbocycles. The van der Waals surface area contributed by atoms with Gasteiger partial charge in [-0.1, -0.05) is 6.92 Å². The summed E-state index contributed by atoms with van der Waals surface area (Å²) in [5, 5.41) is 2.60. The largest absolute Gasteiger partial charge is 0.490 e. The lowest BCUT2D eigenvalue weighted by molar-refractivity contribution is -0.148. The van der Waals surface area contributed by atoms with Gasteiger partial charge in [0.1, 0.15) is 0 Å². The Morgan fingerprint density at radius 2 is 1.88 bits per heavy atom. The van der Waals surface area contributed by atoms with Crippen LogP contribution in [-0.4, -0.2) is 44.0 Å². The van der Waals surface area contributed by atoms with Crippen LogP contribution in [0, 0.1) is 0 Å². The molecular formula is C18H23NO6. The topological polar surface area (TPSA) is 90.9 Å². The predicted molar refractivity (Wildman–Crippen MR) is 89.9 cm³/mol. The van der Waals surface area contributed by atoms with Crippen LogP contribution in [0.25, 0.3) is 0 Å². The summed E-state index contributed by atoms with van der Waals surface area (Å²) in [5.41, 5.74) is 0.456. The van der Waals surface area contributed by atoms with Gasteiger partial charge in [-0.2, -0.15) is 0 Å². The summed E-state index contributed by atoms with van der Waals surface area (Å²) < 4.78 is 15.9. The number of fused-ring (bicyclic) bond motifs is 1. The van der Waals surface area contributed by atoms with Gasteiger partial charge in [0.15, 0.2) is 23.9 Å². The summed E-state index contributed by atoms with van der Waals surface area (Å²) in [6.45, 7) is 3.27. The second-order valence-electron chi connectivity index (χ2n) is 5.65. The highest BCUT2D eigenvalue weighted by Crippen LogP contribution is 2.30. The maximum atomic E-state index is 12.2. The van der Waals surface area contributed by atoms with Crippen LogP contribution in [0.3, 0.4) is 0 Å². The van der Waals surface area contributed by atoms with Crippen molar-refractivity contribution in [3.63, 3.8) is 0 Å². The third-order valence-corrected chi connectivity index (χ3v) is 3.56. The van der Waals surface area contributed by atoms with Crippen molar-refractivity contribution in [2.45, 2.75) is 32.6 Å². The van der Waals surface area contributed by atoms with Gasteiger partial charge in [0.05, 0.1) is 19.6 Å².